The molecule has 0 fully saturated rings. The lowest BCUT2D eigenvalue weighted by molar-refractivity contribution is 0.0523. The first-order valence-corrected chi connectivity index (χ1v) is 7.90. The molecule has 0 saturated heterocycles. The molecule has 2 aromatic rings. The van der Waals surface area contributed by atoms with Crippen LogP contribution in [0.15, 0.2) is 16.9 Å². The number of benzene rings is 1. The number of rotatable bonds is 4. The third-order valence-electron chi connectivity index (χ3n) is 3.64. The van der Waals surface area contributed by atoms with Gasteiger partial charge in [0.2, 0.25) is 0 Å². The van der Waals surface area contributed by atoms with Gasteiger partial charge in [-0.25, -0.2) is 4.79 Å². The summed E-state index contributed by atoms with van der Waals surface area (Å²) >= 11 is 0. The highest BCUT2D eigenvalue weighted by atomic mass is 16.6. The first-order valence-electron chi connectivity index (χ1n) is 7.90. The fourth-order valence-electron chi connectivity index (χ4n) is 2.52. The van der Waals surface area contributed by atoms with Crippen LogP contribution in [-0.4, -0.2) is 30.9 Å². The monoisotopic (exact) mass is 348 g/mol. The summed E-state index contributed by atoms with van der Waals surface area (Å²) in [4.78, 5) is 27.1. The van der Waals surface area contributed by atoms with Crippen LogP contribution in [0.2, 0.25) is 0 Å². The number of H-pyrrole nitrogens is 1. The first-order chi connectivity index (χ1) is 11.7. The van der Waals surface area contributed by atoms with E-state index in [1.165, 1.54) is 7.11 Å². The van der Waals surface area contributed by atoms with Gasteiger partial charge in [0.1, 0.15) is 5.60 Å². The van der Waals surface area contributed by atoms with Crippen molar-refractivity contribution in [1.29, 1.82) is 0 Å². The SMILES string of the molecule is COc1cc2c(C)[nH]c(=O)c(CNC(=O)OC(C)(C)C)c2cc1OC. The van der Waals surface area contributed by atoms with Crippen molar-refractivity contribution in [2.45, 2.75) is 39.8 Å². The Balaban J connectivity index is 2.45. The smallest absolute Gasteiger partial charge is 0.407 e. The molecule has 0 radical (unpaired) electrons. The largest absolute Gasteiger partial charge is 0.493 e. The number of alkyl carbamates (subject to hydrolysis) is 1. The van der Waals surface area contributed by atoms with E-state index in [2.05, 4.69) is 10.3 Å². The number of amides is 1. The molecule has 0 atom stereocenters. The molecule has 0 aliphatic heterocycles. The van der Waals surface area contributed by atoms with Gasteiger partial charge in [0.25, 0.3) is 5.56 Å². The summed E-state index contributed by atoms with van der Waals surface area (Å²) in [6.45, 7) is 7.17. The highest BCUT2D eigenvalue weighted by Crippen LogP contribution is 2.33. The second kappa shape index (κ2) is 7.04. The van der Waals surface area contributed by atoms with E-state index in [0.717, 1.165) is 5.39 Å². The van der Waals surface area contributed by atoms with Gasteiger partial charge in [-0.05, 0) is 45.2 Å². The second-order valence-corrected chi connectivity index (χ2v) is 6.67. The zero-order valence-electron chi connectivity index (χ0n) is 15.4. The average Bonchev–Trinajstić information content (AvgIpc) is 2.51. The van der Waals surface area contributed by atoms with E-state index in [1.54, 1.807) is 46.9 Å². The summed E-state index contributed by atoms with van der Waals surface area (Å²) in [5.41, 5.74) is 0.255. The van der Waals surface area contributed by atoms with E-state index in [0.29, 0.717) is 28.1 Å². The van der Waals surface area contributed by atoms with Crippen molar-refractivity contribution in [3.05, 3.63) is 33.7 Å². The lowest BCUT2D eigenvalue weighted by atomic mass is 10.0. The van der Waals surface area contributed by atoms with Gasteiger partial charge in [-0.15, -0.1) is 0 Å². The number of nitrogens with one attached hydrogen (secondary N) is 2. The molecule has 0 aliphatic rings. The summed E-state index contributed by atoms with van der Waals surface area (Å²) in [5, 5.41) is 4.13. The molecule has 25 heavy (non-hydrogen) atoms. The lowest BCUT2D eigenvalue weighted by Gasteiger charge is -2.20. The summed E-state index contributed by atoms with van der Waals surface area (Å²) in [6, 6.07) is 3.54. The number of methoxy groups -OCH3 is 2. The Hall–Kier alpha value is -2.70. The number of carbonyl (C=O) groups is 1. The van der Waals surface area contributed by atoms with Crippen molar-refractivity contribution in [2.24, 2.45) is 0 Å². The number of aromatic amines is 1. The van der Waals surface area contributed by atoms with Crippen molar-refractivity contribution >= 4 is 16.9 Å². The van der Waals surface area contributed by atoms with Gasteiger partial charge >= 0.3 is 6.09 Å². The maximum Gasteiger partial charge on any atom is 0.407 e. The molecule has 1 aromatic carbocycles. The molecular formula is C18H24N2O5. The standard InChI is InChI=1S/C18H24N2O5/c1-10-11-7-14(23-5)15(24-6)8-12(11)13(16(21)20-10)9-19-17(22)25-18(2,3)4/h7-8H,9H2,1-6H3,(H,19,22)(H,20,21). The predicted octanol–water partition coefficient (Wildman–Crippen LogP) is 2.88. The Kier molecular flexibility index (Phi) is 5.25. The minimum atomic E-state index is -0.609. The fraction of sp³-hybridized carbons (Fsp3) is 0.444. The van der Waals surface area contributed by atoms with E-state index < -0.39 is 11.7 Å². The summed E-state index contributed by atoms with van der Waals surface area (Å²) in [7, 11) is 3.08. The number of pyridine rings is 1. The molecule has 136 valence electrons. The van der Waals surface area contributed by atoms with Gasteiger partial charge in [-0.3, -0.25) is 4.79 Å². The quantitative estimate of drug-likeness (QED) is 0.887. The van der Waals surface area contributed by atoms with Crippen molar-refractivity contribution in [2.75, 3.05) is 14.2 Å². The normalized spacial score (nSPS) is 11.3. The zero-order chi connectivity index (χ0) is 18.8. The number of hydrogen-bond acceptors (Lipinski definition) is 5. The summed E-state index contributed by atoms with van der Waals surface area (Å²) in [6.07, 6.45) is -0.582. The van der Waals surface area contributed by atoms with Crippen molar-refractivity contribution in [3.63, 3.8) is 0 Å². The third kappa shape index (κ3) is 4.23. The number of aromatic nitrogens is 1. The van der Waals surface area contributed by atoms with Gasteiger partial charge < -0.3 is 24.5 Å². The van der Waals surface area contributed by atoms with Crippen LogP contribution in [0.25, 0.3) is 10.8 Å². The van der Waals surface area contributed by atoms with Crippen LogP contribution in [0.1, 0.15) is 32.0 Å². The predicted molar refractivity (Wildman–Crippen MR) is 95.5 cm³/mol. The van der Waals surface area contributed by atoms with E-state index in [4.69, 9.17) is 14.2 Å². The lowest BCUT2D eigenvalue weighted by Crippen LogP contribution is -2.33. The Morgan fingerprint density at radius 3 is 2.20 bits per heavy atom. The van der Waals surface area contributed by atoms with Crippen LogP contribution in [0.5, 0.6) is 11.5 Å². The number of aryl methyl sites for hydroxylation is 1. The number of carbonyl (C=O) groups excluding carboxylic acids is 1. The summed E-state index contributed by atoms with van der Waals surface area (Å²) in [5.74, 6) is 1.08. The Morgan fingerprint density at radius 1 is 1.12 bits per heavy atom. The Bertz CT molecular complexity index is 849. The molecule has 7 nitrogen and oxygen atoms in total. The molecule has 0 aliphatic carbocycles. The van der Waals surface area contributed by atoms with Gasteiger partial charge in [0.05, 0.1) is 20.8 Å². The highest BCUT2D eigenvalue weighted by Gasteiger charge is 2.18. The molecular weight excluding hydrogens is 324 g/mol. The van der Waals surface area contributed by atoms with Crippen LogP contribution in [0.4, 0.5) is 4.79 Å². The van der Waals surface area contributed by atoms with E-state index in [9.17, 15) is 9.59 Å². The van der Waals surface area contributed by atoms with Gasteiger partial charge in [0.15, 0.2) is 11.5 Å². The van der Waals surface area contributed by atoms with Gasteiger partial charge in [-0.1, -0.05) is 0 Å². The molecule has 2 rings (SSSR count). The molecule has 2 N–H and O–H groups in total. The van der Waals surface area contributed by atoms with Crippen LogP contribution in [0.3, 0.4) is 0 Å². The van der Waals surface area contributed by atoms with Crippen LogP contribution >= 0.6 is 0 Å². The average molecular weight is 348 g/mol. The van der Waals surface area contributed by atoms with E-state index >= 15 is 0 Å². The Labute approximate surface area is 146 Å². The molecule has 0 spiro atoms. The molecule has 0 unspecified atom stereocenters. The van der Waals surface area contributed by atoms with Crippen LogP contribution < -0.4 is 20.3 Å². The zero-order valence-corrected chi connectivity index (χ0v) is 15.4. The van der Waals surface area contributed by atoms with Crippen LogP contribution in [0, 0.1) is 6.92 Å². The first kappa shape index (κ1) is 18.6. The molecule has 1 heterocycles. The topological polar surface area (TPSA) is 89.7 Å². The van der Waals surface area contributed by atoms with Crippen molar-refractivity contribution < 1.29 is 19.0 Å². The molecule has 0 saturated carbocycles. The third-order valence-corrected chi connectivity index (χ3v) is 3.64. The number of fused-ring (bicyclic) bond motifs is 1. The maximum absolute atomic E-state index is 12.4. The fourth-order valence-corrected chi connectivity index (χ4v) is 2.52. The number of hydrogen-bond donors (Lipinski definition) is 2. The maximum atomic E-state index is 12.4. The Morgan fingerprint density at radius 2 is 1.68 bits per heavy atom. The molecule has 7 heteroatoms. The van der Waals surface area contributed by atoms with E-state index in [1.807, 2.05) is 0 Å². The van der Waals surface area contributed by atoms with Crippen LogP contribution in [-0.2, 0) is 11.3 Å². The molecule has 1 aromatic heterocycles. The van der Waals surface area contributed by atoms with Crippen molar-refractivity contribution in [1.82, 2.24) is 10.3 Å². The van der Waals surface area contributed by atoms with E-state index in [-0.39, 0.29) is 12.1 Å². The highest BCUT2D eigenvalue weighted by molar-refractivity contribution is 5.90. The molecule has 1 amide bonds. The summed E-state index contributed by atoms with van der Waals surface area (Å²) < 4.78 is 15.8. The van der Waals surface area contributed by atoms with Gasteiger partial charge in [0, 0.05) is 16.6 Å². The minimum Gasteiger partial charge on any atom is -0.493 e. The second-order valence-electron chi connectivity index (χ2n) is 6.67. The number of ether oxygens (including phenoxy) is 3. The minimum absolute atomic E-state index is 0.0382. The van der Waals surface area contributed by atoms with Gasteiger partial charge in [-0.2, -0.15) is 0 Å². The molecule has 0 bridgehead atoms. The van der Waals surface area contributed by atoms with Crippen molar-refractivity contribution in [3.8, 4) is 11.5 Å².